The van der Waals surface area contributed by atoms with E-state index in [0.29, 0.717) is 24.7 Å². The molecule has 1 unspecified atom stereocenters. The number of amides is 1. The molecule has 0 aliphatic rings. The Bertz CT molecular complexity index is 426. The van der Waals surface area contributed by atoms with Gasteiger partial charge in [-0.05, 0) is 58.8 Å². The Labute approximate surface area is 129 Å². The van der Waals surface area contributed by atoms with Crippen LogP contribution in [0.1, 0.15) is 40.0 Å². The van der Waals surface area contributed by atoms with Gasteiger partial charge in [0.05, 0.1) is 0 Å². The first-order valence-electron chi connectivity index (χ1n) is 6.94. The van der Waals surface area contributed by atoms with Crippen molar-refractivity contribution in [2.75, 3.05) is 11.9 Å². The second kappa shape index (κ2) is 7.74. The van der Waals surface area contributed by atoms with E-state index in [2.05, 4.69) is 47.0 Å². The van der Waals surface area contributed by atoms with Crippen LogP contribution in [0.5, 0.6) is 0 Å². The van der Waals surface area contributed by atoms with E-state index in [9.17, 15) is 4.79 Å². The lowest BCUT2D eigenvalue weighted by molar-refractivity contribution is -0.116. The second-order valence-corrected chi connectivity index (χ2v) is 7.00. The van der Waals surface area contributed by atoms with E-state index in [0.717, 1.165) is 17.3 Å². The van der Waals surface area contributed by atoms with E-state index in [-0.39, 0.29) is 11.3 Å². The topological polar surface area (TPSA) is 68.0 Å². The first-order valence-corrected chi connectivity index (χ1v) is 7.73. The van der Waals surface area contributed by atoms with Gasteiger partial charge in [-0.2, -0.15) is 0 Å². The SMILES string of the molecule is CC(C)(C)C(CCN)CCC(=O)Nc1ccc(Br)cn1. The van der Waals surface area contributed by atoms with Gasteiger partial charge in [-0.25, -0.2) is 4.98 Å². The standard InChI is InChI=1S/C15H24BrN3O/c1-15(2,3)11(8-9-17)4-7-14(20)19-13-6-5-12(16)10-18-13/h5-6,10-11H,4,7-9,17H2,1-3H3,(H,18,19,20). The van der Waals surface area contributed by atoms with E-state index in [1.165, 1.54) is 0 Å². The number of pyridine rings is 1. The van der Waals surface area contributed by atoms with Gasteiger partial charge < -0.3 is 11.1 Å². The molecule has 112 valence electrons. The van der Waals surface area contributed by atoms with Crippen molar-refractivity contribution < 1.29 is 4.79 Å². The number of aromatic nitrogens is 1. The summed E-state index contributed by atoms with van der Waals surface area (Å²) in [5.41, 5.74) is 5.83. The van der Waals surface area contributed by atoms with Crippen LogP contribution >= 0.6 is 15.9 Å². The molecule has 0 radical (unpaired) electrons. The minimum atomic E-state index is 0.00564. The fourth-order valence-electron chi connectivity index (χ4n) is 2.17. The average Bonchev–Trinajstić information content (AvgIpc) is 2.36. The van der Waals surface area contributed by atoms with Crippen LogP contribution in [0, 0.1) is 11.3 Å². The third-order valence-corrected chi connectivity index (χ3v) is 3.92. The van der Waals surface area contributed by atoms with Crippen molar-refractivity contribution in [2.24, 2.45) is 17.1 Å². The van der Waals surface area contributed by atoms with E-state index in [1.54, 1.807) is 12.3 Å². The number of hydrogen-bond donors (Lipinski definition) is 2. The minimum Gasteiger partial charge on any atom is -0.330 e. The van der Waals surface area contributed by atoms with Crippen molar-refractivity contribution in [2.45, 2.75) is 40.0 Å². The Morgan fingerprint density at radius 2 is 2.10 bits per heavy atom. The highest BCUT2D eigenvalue weighted by Gasteiger charge is 2.24. The largest absolute Gasteiger partial charge is 0.330 e. The first kappa shape index (κ1) is 17.1. The maximum absolute atomic E-state index is 11.9. The van der Waals surface area contributed by atoms with Crippen LogP contribution < -0.4 is 11.1 Å². The van der Waals surface area contributed by atoms with Crippen molar-refractivity contribution in [3.05, 3.63) is 22.8 Å². The fraction of sp³-hybridized carbons (Fsp3) is 0.600. The molecule has 0 bridgehead atoms. The van der Waals surface area contributed by atoms with Gasteiger partial charge >= 0.3 is 0 Å². The van der Waals surface area contributed by atoms with Gasteiger partial charge in [-0.3, -0.25) is 4.79 Å². The normalized spacial score (nSPS) is 13.1. The smallest absolute Gasteiger partial charge is 0.225 e. The summed E-state index contributed by atoms with van der Waals surface area (Å²) in [6, 6.07) is 3.64. The number of anilines is 1. The number of nitrogens with zero attached hydrogens (tertiary/aromatic N) is 1. The third-order valence-electron chi connectivity index (χ3n) is 3.45. The highest BCUT2D eigenvalue weighted by molar-refractivity contribution is 9.10. The number of rotatable bonds is 6. The van der Waals surface area contributed by atoms with Gasteiger partial charge in [0, 0.05) is 17.1 Å². The van der Waals surface area contributed by atoms with Gasteiger partial charge in [-0.1, -0.05) is 20.8 Å². The fourth-order valence-corrected chi connectivity index (χ4v) is 2.41. The van der Waals surface area contributed by atoms with Gasteiger partial charge in [0.15, 0.2) is 0 Å². The molecule has 1 rings (SSSR count). The second-order valence-electron chi connectivity index (χ2n) is 6.09. The summed E-state index contributed by atoms with van der Waals surface area (Å²) in [4.78, 5) is 16.1. The summed E-state index contributed by atoms with van der Waals surface area (Å²) in [5.74, 6) is 1.05. The Morgan fingerprint density at radius 3 is 2.60 bits per heavy atom. The van der Waals surface area contributed by atoms with E-state index < -0.39 is 0 Å². The minimum absolute atomic E-state index is 0.00564. The monoisotopic (exact) mass is 341 g/mol. The van der Waals surface area contributed by atoms with Crippen LogP contribution in [-0.2, 0) is 4.79 Å². The summed E-state index contributed by atoms with van der Waals surface area (Å²) in [7, 11) is 0. The van der Waals surface area contributed by atoms with Crippen molar-refractivity contribution in [3.8, 4) is 0 Å². The summed E-state index contributed by atoms with van der Waals surface area (Å²) in [6.07, 6.45) is 3.97. The van der Waals surface area contributed by atoms with Crippen LogP contribution in [0.25, 0.3) is 0 Å². The number of halogens is 1. The summed E-state index contributed by atoms with van der Waals surface area (Å²) in [5, 5.41) is 2.82. The maximum Gasteiger partial charge on any atom is 0.225 e. The van der Waals surface area contributed by atoms with Crippen molar-refractivity contribution >= 4 is 27.7 Å². The molecule has 0 aliphatic carbocycles. The number of carbonyl (C=O) groups excluding carboxylic acids is 1. The predicted octanol–water partition coefficient (Wildman–Crippen LogP) is 3.57. The Morgan fingerprint density at radius 1 is 1.40 bits per heavy atom. The van der Waals surface area contributed by atoms with Crippen LogP contribution in [-0.4, -0.2) is 17.4 Å². The van der Waals surface area contributed by atoms with E-state index in [4.69, 9.17) is 5.73 Å². The zero-order valence-corrected chi connectivity index (χ0v) is 14.0. The molecule has 0 saturated heterocycles. The molecule has 5 heteroatoms. The predicted molar refractivity (Wildman–Crippen MR) is 86.4 cm³/mol. The lowest BCUT2D eigenvalue weighted by Gasteiger charge is -2.30. The maximum atomic E-state index is 11.9. The Hall–Kier alpha value is -0.940. The molecule has 1 heterocycles. The van der Waals surface area contributed by atoms with Gasteiger partial charge in [0.25, 0.3) is 0 Å². The summed E-state index contributed by atoms with van der Waals surface area (Å²) >= 11 is 3.31. The molecule has 0 fully saturated rings. The van der Waals surface area contributed by atoms with Crippen molar-refractivity contribution in [3.63, 3.8) is 0 Å². The lowest BCUT2D eigenvalue weighted by Crippen LogP contribution is -2.25. The highest BCUT2D eigenvalue weighted by Crippen LogP contribution is 2.32. The molecule has 20 heavy (non-hydrogen) atoms. The lowest BCUT2D eigenvalue weighted by atomic mass is 9.76. The molecule has 0 spiro atoms. The molecule has 0 saturated carbocycles. The number of carbonyl (C=O) groups is 1. The molecule has 1 aromatic rings. The third kappa shape index (κ3) is 6.01. The summed E-state index contributed by atoms with van der Waals surface area (Å²) in [6.45, 7) is 7.25. The van der Waals surface area contributed by atoms with Crippen LogP contribution in [0.15, 0.2) is 22.8 Å². The van der Waals surface area contributed by atoms with Crippen LogP contribution in [0.4, 0.5) is 5.82 Å². The molecule has 3 N–H and O–H groups in total. The van der Waals surface area contributed by atoms with E-state index >= 15 is 0 Å². The van der Waals surface area contributed by atoms with E-state index in [1.807, 2.05) is 6.07 Å². The van der Waals surface area contributed by atoms with Crippen LogP contribution in [0.2, 0.25) is 0 Å². The van der Waals surface area contributed by atoms with Crippen molar-refractivity contribution in [1.29, 1.82) is 0 Å². The molecule has 1 atom stereocenters. The number of nitrogens with one attached hydrogen (secondary N) is 1. The van der Waals surface area contributed by atoms with Crippen molar-refractivity contribution in [1.82, 2.24) is 4.98 Å². The van der Waals surface area contributed by atoms with Gasteiger partial charge in [-0.15, -0.1) is 0 Å². The number of nitrogens with two attached hydrogens (primary N) is 1. The Balaban J connectivity index is 2.47. The molecule has 1 amide bonds. The van der Waals surface area contributed by atoms with Crippen LogP contribution in [0.3, 0.4) is 0 Å². The molecule has 0 aromatic carbocycles. The molecular weight excluding hydrogens is 318 g/mol. The molecule has 4 nitrogen and oxygen atoms in total. The first-order chi connectivity index (χ1) is 9.32. The number of hydrogen-bond acceptors (Lipinski definition) is 3. The zero-order chi connectivity index (χ0) is 15.2. The van der Waals surface area contributed by atoms with Gasteiger partial charge in [0.2, 0.25) is 5.91 Å². The summed E-state index contributed by atoms with van der Waals surface area (Å²) < 4.78 is 0.895. The zero-order valence-electron chi connectivity index (χ0n) is 12.4. The highest BCUT2D eigenvalue weighted by atomic mass is 79.9. The molecule has 1 aromatic heterocycles. The quantitative estimate of drug-likeness (QED) is 0.830. The molecule has 0 aliphatic heterocycles. The average molecular weight is 342 g/mol. The van der Waals surface area contributed by atoms with Gasteiger partial charge in [0.1, 0.15) is 5.82 Å². The Kier molecular flexibility index (Phi) is 6.62. The molecular formula is C15H24BrN3O.